The molecule has 144 valence electrons. The van der Waals surface area contributed by atoms with Gasteiger partial charge in [-0.1, -0.05) is 77.2 Å². The molecular formula is C20H18ClN3O2S2. The molecule has 28 heavy (non-hydrogen) atoms. The maximum atomic E-state index is 12.3. The second-order valence-corrected chi connectivity index (χ2v) is 8.28. The number of nitrogens with zero attached hydrogens (tertiary/aromatic N) is 2. The van der Waals surface area contributed by atoms with Crippen molar-refractivity contribution in [2.75, 3.05) is 24.7 Å². The van der Waals surface area contributed by atoms with Crippen LogP contribution in [0.1, 0.15) is 15.9 Å². The zero-order chi connectivity index (χ0) is 19.8. The zero-order valence-corrected chi connectivity index (χ0v) is 17.5. The number of benzene rings is 2. The van der Waals surface area contributed by atoms with Gasteiger partial charge in [0.05, 0.1) is 18.7 Å². The van der Waals surface area contributed by atoms with Gasteiger partial charge in [0.2, 0.25) is 5.13 Å². The highest BCUT2D eigenvalue weighted by Gasteiger charge is 2.11. The zero-order valence-electron chi connectivity index (χ0n) is 15.1. The summed E-state index contributed by atoms with van der Waals surface area (Å²) >= 11 is 9.09. The van der Waals surface area contributed by atoms with Gasteiger partial charge in [0.1, 0.15) is 5.75 Å². The highest BCUT2D eigenvalue weighted by molar-refractivity contribution is 8.01. The second-order valence-electron chi connectivity index (χ2n) is 5.62. The van der Waals surface area contributed by atoms with Gasteiger partial charge in [-0.2, -0.15) is 0 Å². The van der Waals surface area contributed by atoms with E-state index in [4.69, 9.17) is 16.3 Å². The van der Waals surface area contributed by atoms with Crippen LogP contribution in [0.2, 0.25) is 5.02 Å². The monoisotopic (exact) mass is 431 g/mol. The highest BCUT2D eigenvalue weighted by Crippen LogP contribution is 2.27. The van der Waals surface area contributed by atoms with E-state index in [0.29, 0.717) is 21.5 Å². The van der Waals surface area contributed by atoms with Crippen LogP contribution >= 0.6 is 34.7 Å². The average Bonchev–Trinajstić information content (AvgIpc) is 3.18. The van der Waals surface area contributed by atoms with E-state index in [1.165, 1.54) is 24.0 Å². The Morgan fingerprint density at radius 3 is 2.82 bits per heavy atom. The lowest BCUT2D eigenvalue weighted by Gasteiger charge is -2.05. The van der Waals surface area contributed by atoms with Crippen molar-refractivity contribution in [1.29, 1.82) is 0 Å². The van der Waals surface area contributed by atoms with Crippen LogP contribution in [0, 0.1) is 0 Å². The number of halogens is 1. The summed E-state index contributed by atoms with van der Waals surface area (Å²) in [6.07, 6.45) is 4.16. The van der Waals surface area contributed by atoms with Crippen molar-refractivity contribution in [2.45, 2.75) is 4.34 Å². The number of carbonyl (C=O) groups is 1. The molecule has 0 bridgehead atoms. The number of Topliss-reactive ketones (excluding diaryl/α,β-unsaturated/α-hetero) is 1. The largest absolute Gasteiger partial charge is 0.495 e. The number of anilines is 1. The Bertz CT molecular complexity index is 961. The number of aromatic nitrogens is 2. The van der Waals surface area contributed by atoms with Gasteiger partial charge in [-0.3, -0.25) is 4.79 Å². The summed E-state index contributed by atoms with van der Waals surface area (Å²) in [5.41, 5.74) is 1.68. The molecule has 0 radical (unpaired) electrons. The molecule has 0 spiro atoms. The van der Waals surface area contributed by atoms with Gasteiger partial charge in [0, 0.05) is 11.3 Å². The van der Waals surface area contributed by atoms with Gasteiger partial charge in [0.15, 0.2) is 10.1 Å². The van der Waals surface area contributed by atoms with Crippen molar-refractivity contribution in [1.82, 2.24) is 10.2 Å². The fourth-order valence-electron chi connectivity index (χ4n) is 2.31. The van der Waals surface area contributed by atoms with E-state index < -0.39 is 0 Å². The topological polar surface area (TPSA) is 64.1 Å². The number of ether oxygens (including phenoxy) is 1. The van der Waals surface area contributed by atoms with Gasteiger partial charge in [-0.05, 0) is 23.8 Å². The third-order valence-electron chi connectivity index (χ3n) is 3.69. The van der Waals surface area contributed by atoms with Crippen molar-refractivity contribution < 1.29 is 9.53 Å². The van der Waals surface area contributed by atoms with E-state index in [1.807, 2.05) is 18.2 Å². The lowest BCUT2D eigenvalue weighted by molar-refractivity contribution is 0.101. The molecule has 2 aromatic carbocycles. The molecule has 0 aliphatic heterocycles. The number of methoxy groups -OCH3 is 1. The maximum Gasteiger partial charge on any atom is 0.206 e. The molecule has 1 aromatic heterocycles. The number of hydrogen-bond acceptors (Lipinski definition) is 7. The number of carbonyl (C=O) groups excluding carboxylic acids is 1. The first kappa shape index (κ1) is 20.4. The molecule has 0 unspecified atom stereocenters. The fraction of sp³-hybridized carbons (Fsp3) is 0.150. The number of thioether (sulfide) groups is 1. The molecule has 5 nitrogen and oxygen atoms in total. The number of ketones is 1. The van der Waals surface area contributed by atoms with Crippen molar-refractivity contribution >= 4 is 51.7 Å². The summed E-state index contributed by atoms with van der Waals surface area (Å²) < 4.78 is 5.94. The third kappa shape index (κ3) is 5.82. The Morgan fingerprint density at radius 2 is 2.07 bits per heavy atom. The maximum absolute atomic E-state index is 12.3. The summed E-state index contributed by atoms with van der Waals surface area (Å²) in [5.74, 6) is 1.25. The van der Waals surface area contributed by atoms with Gasteiger partial charge in [-0.25, -0.2) is 0 Å². The molecule has 0 saturated heterocycles. The fourth-order valence-corrected chi connectivity index (χ4v) is 4.15. The molecule has 3 rings (SSSR count). The van der Waals surface area contributed by atoms with E-state index in [2.05, 4.69) is 39.8 Å². The Morgan fingerprint density at radius 1 is 1.25 bits per heavy atom. The molecule has 0 saturated carbocycles. The molecular weight excluding hydrogens is 414 g/mol. The minimum atomic E-state index is -0.0836. The van der Waals surface area contributed by atoms with Gasteiger partial charge >= 0.3 is 0 Å². The Hall–Kier alpha value is -2.35. The number of nitrogens with one attached hydrogen (secondary N) is 1. The first-order valence-electron chi connectivity index (χ1n) is 8.44. The molecule has 0 aliphatic carbocycles. The van der Waals surface area contributed by atoms with Crippen LogP contribution in [0.5, 0.6) is 5.75 Å². The Labute approximate surface area is 176 Å². The summed E-state index contributed by atoms with van der Waals surface area (Å²) in [4.78, 5) is 12.3. The Kier molecular flexibility index (Phi) is 7.47. The van der Waals surface area contributed by atoms with E-state index >= 15 is 0 Å². The van der Waals surface area contributed by atoms with Crippen LogP contribution in [0.15, 0.2) is 58.9 Å². The standard InChI is InChI=1S/C20H18ClN3O2S2/c1-26-18-10-9-15(12-16(18)21)17(25)13-22-19-23-24-20(28-19)27-11-5-8-14-6-3-2-4-7-14/h2-10,12H,11,13H2,1H3,(H,22,23)/b8-5+. The van der Waals surface area contributed by atoms with Crippen molar-refractivity contribution in [3.63, 3.8) is 0 Å². The van der Waals surface area contributed by atoms with Crippen molar-refractivity contribution in [2.24, 2.45) is 0 Å². The van der Waals surface area contributed by atoms with E-state index in [-0.39, 0.29) is 12.3 Å². The van der Waals surface area contributed by atoms with Crippen LogP contribution in [0.3, 0.4) is 0 Å². The molecule has 1 heterocycles. The number of hydrogen-bond donors (Lipinski definition) is 1. The van der Waals surface area contributed by atoms with Crippen molar-refractivity contribution in [3.8, 4) is 5.75 Å². The SMILES string of the molecule is COc1ccc(C(=O)CNc2nnc(SC/C=C/c3ccccc3)s2)cc1Cl. The van der Waals surface area contributed by atoms with Crippen LogP contribution in [0.25, 0.3) is 6.08 Å². The average molecular weight is 432 g/mol. The predicted octanol–water partition coefficient (Wildman–Crippen LogP) is 5.30. The quantitative estimate of drug-likeness (QED) is 0.366. The molecule has 0 atom stereocenters. The van der Waals surface area contributed by atoms with Crippen molar-refractivity contribution in [3.05, 3.63) is 70.8 Å². The minimum absolute atomic E-state index is 0.0836. The third-order valence-corrected chi connectivity index (χ3v) is 5.96. The molecule has 0 fully saturated rings. The smallest absolute Gasteiger partial charge is 0.206 e. The summed E-state index contributed by atoms with van der Waals surface area (Å²) in [6.45, 7) is 0.121. The normalized spacial score (nSPS) is 10.9. The van der Waals surface area contributed by atoms with E-state index in [9.17, 15) is 4.79 Å². The molecule has 0 aliphatic rings. The predicted molar refractivity (Wildman–Crippen MR) is 117 cm³/mol. The van der Waals surface area contributed by atoms with Crippen LogP contribution in [0.4, 0.5) is 5.13 Å². The van der Waals surface area contributed by atoms with E-state index in [0.717, 1.165) is 10.1 Å². The first-order chi connectivity index (χ1) is 13.7. The summed E-state index contributed by atoms with van der Waals surface area (Å²) in [5, 5.41) is 12.3. The van der Waals surface area contributed by atoms with E-state index in [1.54, 1.807) is 30.0 Å². The lowest BCUT2D eigenvalue weighted by Crippen LogP contribution is -2.13. The first-order valence-corrected chi connectivity index (χ1v) is 10.6. The van der Waals surface area contributed by atoms with Gasteiger partial charge in [0.25, 0.3) is 0 Å². The Balaban J connectivity index is 1.47. The second kappa shape index (κ2) is 10.3. The molecule has 0 amide bonds. The molecule has 1 N–H and O–H groups in total. The highest BCUT2D eigenvalue weighted by atomic mass is 35.5. The lowest BCUT2D eigenvalue weighted by atomic mass is 10.1. The van der Waals surface area contributed by atoms with Gasteiger partial charge in [-0.15, -0.1) is 10.2 Å². The summed E-state index contributed by atoms with van der Waals surface area (Å²) in [6, 6.07) is 15.1. The molecule has 8 heteroatoms. The number of rotatable bonds is 9. The van der Waals surface area contributed by atoms with Gasteiger partial charge < -0.3 is 10.1 Å². The van der Waals surface area contributed by atoms with Crippen LogP contribution in [-0.2, 0) is 0 Å². The minimum Gasteiger partial charge on any atom is -0.495 e. The van der Waals surface area contributed by atoms with Crippen LogP contribution < -0.4 is 10.1 Å². The summed E-state index contributed by atoms with van der Waals surface area (Å²) in [7, 11) is 1.53. The van der Waals surface area contributed by atoms with Crippen LogP contribution in [-0.4, -0.2) is 35.4 Å². The molecule has 3 aromatic rings.